The zero-order valence-corrected chi connectivity index (χ0v) is 15.3. The van der Waals surface area contributed by atoms with Crippen molar-refractivity contribution in [3.63, 3.8) is 0 Å². The van der Waals surface area contributed by atoms with Crippen LogP contribution in [0.15, 0.2) is 42.5 Å². The Morgan fingerprint density at radius 1 is 0.964 bits per heavy atom. The minimum absolute atomic E-state index is 0.0272. The van der Waals surface area contributed by atoms with E-state index in [-0.39, 0.29) is 54.0 Å². The van der Waals surface area contributed by atoms with Gasteiger partial charge in [-0.3, -0.25) is 9.59 Å². The molecule has 0 bridgehead atoms. The summed E-state index contributed by atoms with van der Waals surface area (Å²) >= 11 is 5.94. The van der Waals surface area contributed by atoms with Gasteiger partial charge >= 0.3 is 6.61 Å². The molecule has 1 heterocycles. The number of carbonyl (C=O) groups excluding carboxylic acids is 2. The van der Waals surface area contributed by atoms with Crippen molar-refractivity contribution < 1.29 is 27.5 Å². The van der Waals surface area contributed by atoms with Crippen LogP contribution in [-0.4, -0.2) is 54.4 Å². The molecule has 9 heteroatoms. The molecular weight excluding hydrogens is 397 g/mol. The molecule has 1 aliphatic rings. The number of benzene rings is 2. The van der Waals surface area contributed by atoms with E-state index < -0.39 is 18.3 Å². The molecule has 0 aliphatic carbocycles. The smallest absolute Gasteiger partial charge is 0.387 e. The van der Waals surface area contributed by atoms with Gasteiger partial charge in [-0.05, 0) is 30.3 Å². The number of rotatable bonds is 4. The van der Waals surface area contributed by atoms with Crippen molar-refractivity contribution in [2.24, 2.45) is 0 Å². The van der Waals surface area contributed by atoms with Crippen LogP contribution in [0.25, 0.3) is 0 Å². The Morgan fingerprint density at radius 2 is 1.57 bits per heavy atom. The molecule has 0 saturated carbocycles. The average molecular weight is 413 g/mol. The third-order valence-electron chi connectivity index (χ3n) is 4.34. The topological polar surface area (TPSA) is 49.9 Å². The number of ether oxygens (including phenoxy) is 1. The second kappa shape index (κ2) is 8.52. The van der Waals surface area contributed by atoms with Gasteiger partial charge in [0.15, 0.2) is 0 Å². The molecule has 0 atom stereocenters. The van der Waals surface area contributed by atoms with Gasteiger partial charge in [-0.25, -0.2) is 4.39 Å². The Hall–Kier alpha value is -2.74. The molecule has 0 spiro atoms. The highest BCUT2D eigenvalue weighted by atomic mass is 35.5. The monoisotopic (exact) mass is 412 g/mol. The quantitative estimate of drug-likeness (QED) is 0.769. The first-order chi connectivity index (χ1) is 13.4. The van der Waals surface area contributed by atoms with Crippen LogP contribution in [0, 0.1) is 5.82 Å². The molecule has 5 nitrogen and oxygen atoms in total. The number of nitrogens with zero attached hydrogens (tertiary/aromatic N) is 2. The van der Waals surface area contributed by atoms with E-state index in [1.54, 1.807) is 0 Å². The van der Waals surface area contributed by atoms with Gasteiger partial charge in [-0.15, -0.1) is 0 Å². The molecular formula is C19H16ClF3N2O3. The second-order valence-electron chi connectivity index (χ2n) is 6.09. The summed E-state index contributed by atoms with van der Waals surface area (Å²) in [5.41, 5.74) is 0.0101. The van der Waals surface area contributed by atoms with Gasteiger partial charge in [-0.2, -0.15) is 8.78 Å². The van der Waals surface area contributed by atoms with E-state index in [0.717, 1.165) is 6.07 Å². The molecule has 1 aliphatic heterocycles. The Bertz CT molecular complexity index is 866. The predicted octanol–water partition coefficient (Wildman–Crippen LogP) is 3.68. The number of hydrogen-bond acceptors (Lipinski definition) is 3. The van der Waals surface area contributed by atoms with Crippen LogP contribution < -0.4 is 4.74 Å². The van der Waals surface area contributed by atoms with Crippen LogP contribution in [0.2, 0.25) is 5.02 Å². The van der Waals surface area contributed by atoms with Gasteiger partial charge in [0.1, 0.15) is 11.6 Å². The lowest BCUT2D eigenvalue weighted by atomic mass is 10.1. The maximum Gasteiger partial charge on any atom is 0.387 e. The van der Waals surface area contributed by atoms with Crippen LogP contribution in [-0.2, 0) is 0 Å². The fourth-order valence-corrected chi connectivity index (χ4v) is 3.20. The van der Waals surface area contributed by atoms with Gasteiger partial charge in [0.2, 0.25) is 0 Å². The van der Waals surface area contributed by atoms with Gasteiger partial charge in [0.05, 0.1) is 10.6 Å². The fourth-order valence-electron chi connectivity index (χ4n) is 2.96. The Morgan fingerprint density at radius 3 is 2.18 bits per heavy atom. The molecule has 1 fully saturated rings. The van der Waals surface area contributed by atoms with Crippen molar-refractivity contribution >= 4 is 23.4 Å². The van der Waals surface area contributed by atoms with Gasteiger partial charge < -0.3 is 14.5 Å². The fraction of sp³-hybridized carbons (Fsp3) is 0.263. The van der Waals surface area contributed by atoms with E-state index in [2.05, 4.69) is 4.74 Å². The van der Waals surface area contributed by atoms with Crippen molar-refractivity contribution in [1.29, 1.82) is 0 Å². The molecule has 0 aromatic heterocycles. The van der Waals surface area contributed by atoms with Crippen LogP contribution in [0.1, 0.15) is 20.7 Å². The van der Waals surface area contributed by atoms with E-state index >= 15 is 0 Å². The van der Waals surface area contributed by atoms with Crippen molar-refractivity contribution in [2.45, 2.75) is 6.61 Å². The third kappa shape index (κ3) is 4.39. The van der Waals surface area contributed by atoms with Gasteiger partial charge in [0.25, 0.3) is 11.8 Å². The standard InChI is InChI=1S/C19H16ClF3N2O3/c20-14-5-2-6-15(21)16(14)18(27)25-9-7-24(8-10-25)17(26)12-3-1-4-13(11-12)28-19(22)23/h1-6,11,19H,7-10H2. The summed E-state index contributed by atoms with van der Waals surface area (Å²) in [6, 6.07) is 9.53. The lowest BCUT2D eigenvalue weighted by molar-refractivity contribution is -0.0499. The number of piperazine rings is 1. The van der Waals surface area contributed by atoms with Gasteiger partial charge in [-0.1, -0.05) is 23.7 Å². The van der Waals surface area contributed by atoms with Crippen molar-refractivity contribution in [3.05, 3.63) is 64.4 Å². The molecule has 2 aromatic rings. The first-order valence-electron chi connectivity index (χ1n) is 8.44. The van der Waals surface area contributed by atoms with E-state index in [1.165, 1.54) is 46.2 Å². The van der Waals surface area contributed by atoms with Crippen molar-refractivity contribution in [3.8, 4) is 5.75 Å². The summed E-state index contributed by atoms with van der Waals surface area (Å²) in [6.45, 7) is -2.15. The van der Waals surface area contributed by atoms with Crippen LogP contribution in [0.3, 0.4) is 0 Å². The number of carbonyl (C=O) groups is 2. The Kier molecular flexibility index (Phi) is 6.08. The summed E-state index contributed by atoms with van der Waals surface area (Å²) in [6.07, 6.45) is 0. The maximum absolute atomic E-state index is 13.9. The molecule has 1 saturated heterocycles. The Labute approximate surface area is 164 Å². The van der Waals surface area contributed by atoms with Crippen LogP contribution in [0.5, 0.6) is 5.75 Å². The summed E-state index contributed by atoms with van der Waals surface area (Å²) in [5, 5.41) is 0.0272. The second-order valence-corrected chi connectivity index (χ2v) is 6.49. The zero-order valence-electron chi connectivity index (χ0n) is 14.6. The minimum atomic E-state index is -2.98. The first kappa shape index (κ1) is 20.0. The summed E-state index contributed by atoms with van der Waals surface area (Å²) in [5.74, 6) is -1.71. The number of amides is 2. The molecule has 148 valence electrons. The summed E-state index contributed by atoms with van der Waals surface area (Å²) < 4.78 is 42.9. The first-order valence-corrected chi connectivity index (χ1v) is 8.82. The highest BCUT2D eigenvalue weighted by molar-refractivity contribution is 6.33. The molecule has 0 N–H and O–H groups in total. The van der Waals surface area contributed by atoms with Crippen molar-refractivity contribution in [2.75, 3.05) is 26.2 Å². The van der Waals surface area contributed by atoms with Crippen molar-refractivity contribution in [1.82, 2.24) is 9.80 Å². The highest BCUT2D eigenvalue weighted by Gasteiger charge is 2.28. The molecule has 3 rings (SSSR count). The Balaban J connectivity index is 1.65. The highest BCUT2D eigenvalue weighted by Crippen LogP contribution is 2.22. The van der Waals surface area contributed by atoms with E-state index in [1.807, 2.05) is 0 Å². The third-order valence-corrected chi connectivity index (χ3v) is 4.65. The molecule has 2 amide bonds. The van der Waals surface area contributed by atoms with E-state index in [0.29, 0.717) is 0 Å². The number of hydrogen-bond donors (Lipinski definition) is 0. The average Bonchev–Trinajstić information content (AvgIpc) is 2.67. The number of halogens is 4. The maximum atomic E-state index is 13.9. The molecule has 0 unspecified atom stereocenters. The lowest BCUT2D eigenvalue weighted by Crippen LogP contribution is -2.50. The zero-order chi connectivity index (χ0) is 20.3. The SMILES string of the molecule is O=C(c1cccc(OC(F)F)c1)N1CCN(C(=O)c2c(F)cccc2Cl)CC1. The number of alkyl halides is 2. The minimum Gasteiger partial charge on any atom is -0.435 e. The van der Waals surface area contributed by atoms with Crippen LogP contribution >= 0.6 is 11.6 Å². The van der Waals surface area contributed by atoms with Crippen LogP contribution in [0.4, 0.5) is 13.2 Å². The molecule has 2 aromatic carbocycles. The predicted molar refractivity (Wildman–Crippen MR) is 96.3 cm³/mol. The molecule has 28 heavy (non-hydrogen) atoms. The summed E-state index contributed by atoms with van der Waals surface area (Å²) in [4.78, 5) is 28.1. The lowest BCUT2D eigenvalue weighted by Gasteiger charge is -2.35. The van der Waals surface area contributed by atoms with E-state index in [9.17, 15) is 22.8 Å². The van der Waals surface area contributed by atoms with Gasteiger partial charge in [0, 0.05) is 31.7 Å². The molecule has 0 radical (unpaired) electrons. The van der Waals surface area contributed by atoms with E-state index in [4.69, 9.17) is 11.6 Å². The summed E-state index contributed by atoms with van der Waals surface area (Å²) in [7, 11) is 0. The normalized spacial score (nSPS) is 14.3. The largest absolute Gasteiger partial charge is 0.435 e.